The molecule has 94 valence electrons. The van der Waals surface area contributed by atoms with Crippen LogP contribution >= 0.6 is 0 Å². The first-order chi connectivity index (χ1) is 7.41. The lowest BCUT2D eigenvalue weighted by molar-refractivity contribution is -0.125. The average molecular weight is 226 g/mol. The second-order valence-corrected chi connectivity index (χ2v) is 5.62. The number of amides is 1. The van der Waals surface area contributed by atoms with Gasteiger partial charge in [0.25, 0.3) is 0 Å². The summed E-state index contributed by atoms with van der Waals surface area (Å²) in [5.74, 6) is 0.837. The molecule has 1 aliphatic heterocycles. The van der Waals surface area contributed by atoms with Crippen LogP contribution in [0.5, 0.6) is 0 Å². The highest BCUT2D eigenvalue weighted by molar-refractivity contribution is 5.78. The Hall–Kier alpha value is -0.570. The molecular formula is C13H26N2O. The van der Waals surface area contributed by atoms with Crippen LogP contribution < -0.4 is 5.32 Å². The van der Waals surface area contributed by atoms with Crippen LogP contribution in [0.1, 0.15) is 41.0 Å². The van der Waals surface area contributed by atoms with Crippen molar-refractivity contribution in [1.29, 1.82) is 0 Å². The molecule has 0 aromatic rings. The summed E-state index contributed by atoms with van der Waals surface area (Å²) in [5.41, 5.74) is 0. The van der Waals surface area contributed by atoms with Crippen LogP contribution in [0.15, 0.2) is 0 Å². The molecule has 0 radical (unpaired) electrons. The van der Waals surface area contributed by atoms with E-state index in [0.29, 0.717) is 18.0 Å². The Balaban J connectivity index is 2.45. The van der Waals surface area contributed by atoms with E-state index in [-0.39, 0.29) is 11.8 Å². The Bertz CT molecular complexity index is 238. The van der Waals surface area contributed by atoms with Gasteiger partial charge in [0.15, 0.2) is 0 Å². The smallest absolute Gasteiger partial charge is 0.222 e. The molecule has 1 heterocycles. The molecule has 1 saturated heterocycles. The van der Waals surface area contributed by atoms with Crippen molar-refractivity contribution in [2.45, 2.75) is 53.1 Å². The number of likely N-dealkylation sites (tertiary alicyclic amines) is 1. The van der Waals surface area contributed by atoms with Gasteiger partial charge in [-0.05, 0) is 26.2 Å². The predicted molar refractivity (Wildman–Crippen MR) is 67.3 cm³/mol. The third kappa shape index (κ3) is 3.48. The van der Waals surface area contributed by atoms with Gasteiger partial charge in [-0.3, -0.25) is 4.79 Å². The maximum atomic E-state index is 11.6. The summed E-state index contributed by atoms with van der Waals surface area (Å²) in [6, 6.07) is 0.981. The van der Waals surface area contributed by atoms with Crippen LogP contribution in [0.3, 0.4) is 0 Å². The lowest BCUT2D eigenvalue weighted by Crippen LogP contribution is -2.52. The summed E-state index contributed by atoms with van der Waals surface area (Å²) in [6.45, 7) is 12.8. The van der Waals surface area contributed by atoms with E-state index in [4.69, 9.17) is 0 Å². The first-order valence-corrected chi connectivity index (χ1v) is 6.46. The molecule has 16 heavy (non-hydrogen) atoms. The number of rotatable bonds is 3. The fourth-order valence-electron chi connectivity index (χ4n) is 2.21. The van der Waals surface area contributed by atoms with E-state index in [1.807, 2.05) is 13.8 Å². The predicted octanol–water partition coefficient (Wildman–Crippen LogP) is 1.88. The average Bonchev–Trinajstić information content (AvgIpc) is 2.20. The van der Waals surface area contributed by atoms with Crippen LogP contribution in [0, 0.1) is 11.8 Å². The highest BCUT2D eigenvalue weighted by atomic mass is 16.1. The van der Waals surface area contributed by atoms with Crippen LogP contribution in [0.4, 0.5) is 0 Å². The van der Waals surface area contributed by atoms with Gasteiger partial charge in [0.1, 0.15) is 0 Å². The Labute approximate surface area is 99.6 Å². The summed E-state index contributed by atoms with van der Waals surface area (Å²) in [5, 5.41) is 3.16. The maximum Gasteiger partial charge on any atom is 0.222 e. The topological polar surface area (TPSA) is 32.3 Å². The van der Waals surface area contributed by atoms with Crippen molar-refractivity contribution in [2.75, 3.05) is 13.1 Å². The molecule has 1 N–H and O–H groups in total. The number of carbonyl (C=O) groups is 1. The number of hydrogen-bond donors (Lipinski definition) is 1. The zero-order valence-corrected chi connectivity index (χ0v) is 11.3. The number of carbonyl (C=O) groups excluding carboxylic acids is 1. The quantitative estimate of drug-likeness (QED) is 0.797. The molecule has 0 aliphatic carbocycles. The van der Waals surface area contributed by atoms with Crippen molar-refractivity contribution in [1.82, 2.24) is 10.2 Å². The molecule has 0 spiro atoms. The van der Waals surface area contributed by atoms with Gasteiger partial charge in [0.05, 0.1) is 0 Å². The fourth-order valence-corrected chi connectivity index (χ4v) is 2.21. The number of nitrogens with one attached hydrogen (secondary N) is 1. The van der Waals surface area contributed by atoms with Crippen molar-refractivity contribution < 1.29 is 4.79 Å². The second-order valence-electron chi connectivity index (χ2n) is 5.62. The summed E-state index contributed by atoms with van der Waals surface area (Å²) < 4.78 is 0. The van der Waals surface area contributed by atoms with E-state index < -0.39 is 0 Å². The highest BCUT2D eigenvalue weighted by Gasteiger charge is 2.28. The largest absolute Gasteiger partial charge is 0.353 e. The van der Waals surface area contributed by atoms with Crippen molar-refractivity contribution in [3.8, 4) is 0 Å². The lowest BCUT2D eigenvalue weighted by Gasteiger charge is -2.39. The molecule has 0 aromatic carbocycles. The molecule has 3 heteroatoms. The zero-order valence-electron chi connectivity index (χ0n) is 11.3. The minimum atomic E-state index is 0.0929. The molecule has 0 aromatic heterocycles. The van der Waals surface area contributed by atoms with Gasteiger partial charge < -0.3 is 10.2 Å². The van der Waals surface area contributed by atoms with E-state index in [0.717, 1.165) is 19.5 Å². The Morgan fingerprint density at radius 2 is 1.94 bits per heavy atom. The van der Waals surface area contributed by atoms with Gasteiger partial charge in [0.2, 0.25) is 5.91 Å². The van der Waals surface area contributed by atoms with Crippen LogP contribution in [0.2, 0.25) is 0 Å². The first kappa shape index (κ1) is 13.5. The van der Waals surface area contributed by atoms with Crippen molar-refractivity contribution >= 4 is 5.91 Å². The van der Waals surface area contributed by atoms with E-state index >= 15 is 0 Å². The van der Waals surface area contributed by atoms with Crippen molar-refractivity contribution in [2.24, 2.45) is 11.8 Å². The van der Waals surface area contributed by atoms with E-state index in [2.05, 4.69) is 31.0 Å². The van der Waals surface area contributed by atoms with Gasteiger partial charge in [-0.2, -0.15) is 0 Å². The maximum absolute atomic E-state index is 11.6. The van der Waals surface area contributed by atoms with E-state index in [9.17, 15) is 4.79 Å². The zero-order chi connectivity index (χ0) is 12.3. The van der Waals surface area contributed by atoms with Crippen LogP contribution in [0.25, 0.3) is 0 Å². The third-order valence-electron chi connectivity index (χ3n) is 3.52. The SMILES string of the molecule is CC(C)C(=O)N[C@@H]1CCN(C(C)C)C[C@H]1C. The molecule has 1 aliphatic rings. The standard InChI is InChI=1S/C13H26N2O/c1-9(2)13(16)14-12-6-7-15(10(3)4)8-11(12)5/h9-12H,6-8H2,1-5H3,(H,14,16)/t11-,12-/m1/s1. The first-order valence-electron chi connectivity index (χ1n) is 6.46. The third-order valence-corrected chi connectivity index (χ3v) is 3.52. The molecular weight excluding hydrogens is 200 g/mol. The molecule has 1 rings (SSSR count). The van der Waals surface area contributed by atoms with Gasteiger partial charge in [-0.15, -0.1) is 0 Å². The summed E-state index contributed by atoms with van der Waals surface area (Å²) in [7, 11) is 0. The normalized spacial score (nSPS) is 27.4. The molecule has 2 atom stereocenters. The number of nitrogens with zero attached hydrogens (tertiary/aromatic N) is 1. The van der Waals surface area contributed by atoms with Gasteiger partial charge in [-0.1, -0.05) is 20.8 Å². The molecule has 0 unspecified atom stereocenters. The Morgan fingerprint density at radius 1 is 1.31 bits per heavy atom. The molecule has 1 fully saturated rings. The molecule has 0 saturated carbocycles. The second kappa shape index (κ2) is 5.67. The monoisotopic (exact) mass is 226 g/mol. The summed E-state index contributed by atoms with van der Waals surface area (Å²) in [4.78, 5) is 14.1. The highest BCUT2D eigenvalue weighted by Crippen LogP contribution is 2.19. The van der Waals surface area contributed by atoms with Crippen LogP contribution in [-0.4, -0.2) is 36.0 Å². The van der Waals surface area contributed by atoms with E-state index in [1.54, 1.807) is 0 Å². The summed E-state index contributed by atoms with van der Waals surface area (Å²) >= 11 is 0. The van der Waals surface area contributed by atoms with Crippen molar-refractivity contribution in [3.63, 3.8) is 0 Å². The number of piperidine rings is 1. The minimum Gasteiger partial charge on any atom is -0.353 e. The fraction of sp³-hybridized carbons (Fsp3) is 0.923. The van der Waals surface area contributed by atoms with Crippen molar-refractivity contribution in [3.05, 3.63) is 0 Å². The lowest BCUT2D eigenvalue weighted by atomic mass is 9.92. The molecule has 0 bridgehead atoms. The minimum absolute atomic E-state index is 0.0929. The van der Waals surface area contributed by atoms with Gasteiger partial charge in [-0.25, -0.2) is 0 Å². The van der Waals surface area contributed by atoms with Gasteiger partial charge in [0, 0.05) is 31.1 Å². The Kier molecular flexibility index (Phi) is 4.78. The summed E-state index contributed by atoms with van der Waals surface area (Å²) in [6.07, 6.45) is 1.08. The van der Waals surface area contributed by atoms with Gasteiger partial charge >= 0.3 is 0 Å². The van der Waals surface area contributed by atoms with Crippen LogP contribution in [-0.2, 0) is 4.79 Å². The molecule has 1 amide bonds. The Morgan fingerprint density at radius 3 is 2.38 bits per heavy atom. The molecule has 3 nitrogen and oxygen atoms in total. The van der Waals surface area contributed by atoms with E-state index in [1.165, 1.54) is 0 Å². The number of hydrogen-bond acceptors (Lipinski definition) is 2.